The minimum atomic E-state index is -1.76. The van der Waals surface area contributed by atoms with Crippen molar-refractivity contribution in [3.8, 4) is 0 Å². The normalized spacial score (nSPS) is 50.6. The zero-order chi connectivity index (χ0) is 12.9. The maximum atomic E-state index is 11.3. The van der Waals surface area contributed by atoms with Crippen LogP contribution >= 0.6 is 0 Å². The Labute approximate surface area is 107 Å². The fraction of sp³-hybridized carbons (Fsp3) is 1.00. The van der Waals surface area contributed by atoms with Crippen molar-refractivity contribution >= 4 is 11.4 Å². The second-order valence-corrected chi connectivity index (χ2v) is 5.73. The molecule has 0 aromatic carbocycles. The Morgan fingerprint density at radius 1 is 1.22 bits per heavy atom. The fourth-order valence-electron chi connectivity index (χ4n) is 2.50. The molecule has 0 aromatic rings. The Morgan fingerprint density at radius 3 is 2.67 bits per heavy atom. The summed E-state index contributed by atoms with van der Waals surface area (Å²) in [5, 5.41) is 0. The first-order valence-corrected chi connectivity index (χ1v) is 6.76. The smallest absolute Gasteiger partial charge is 0.305 e. The van der Waals surface area contributed by atoms with Crippen LogP contribution in [-0.4, -0.2) is 54.4 Å². The molecule has 3 unspecified atom stereocenters. The van der Waals surface area contributed by atoms with Gasteiger partial charge >= 0.3 is 11.4 Å². The predicted molar refractivity (Wildman–Crippen MR) is 58.5 cm³/mol. The summed E-state index contributed by atoms with van der Waals surface area (Å²) in [7, 11) is 1.54. The van der Waals surface area contributed by atoms with E-state index in [0.717, 1.165) is 0 Å². The fourth-order valence-corrected chi connectivity index (χ4v) is 3.22. The molecule has 3 saturated heterocycles. The first-order valence-electron chi connectivity index (χ1n) is 5.76. The van der Waals surface area contributed by atoms with Crippen LogP contribution in [0.5, 0.6) is 0 Å². The van der Waals surface area contributed by atoms with E-state index in [4.69, 9.17) is 27.3 Å². The van der Waals surface area contributed by atoms with Crippen molar-refractivity contribution in [2.75, 3.05) is 13.7 Å². The van der Waals surface area contributed by atoms with Gasteiger partial charge in [-0.05, 0) is 13.8 Å². The lowest BCUT2D eigenvalue weighted by Gasteiger charge is -2.42. The summed E-state index contributed by atoms with van der Waals surface area (Å²) in [5.41, 5.74) is 0. The van der Waals surface area contributed by atoms with Gasteiger partial charge in [0.2, 0.25) is 0 Å². The Balaban J connectivity index is 1.85. The molecule has 3 fully saturated rings. The van der Waals surface area contributed by atoms with E-state index >= 15 is 0 Å². The molecule has 0 amide bonds. The maximum Gasteiger partial charge on any atom is 0.305 e. The van der Waals surface area contributed by atoms with Crippen LogP contribution in [0.3, 0.4) is 0 Å². The first-order chi connectivity index (χ1) is 8.50. The van der Waals surface area contributed by atoms with Crippen LogP contribution in [0, 0.1) is 0 Å². The molecule has 3 aliphatic heterocycles. The second kappa shape index (κ2) is 4.48. The van der Waals surface area contributed by atoms with Crippen molar-refractivity contribution in [3.05, 3.63) is 0 Å². The number of hydrogen-bond donors (Lipinski definition) is 0. The molecule has 3 heterocycles. The summed E-state index contributed by atoms with van der Waals surface area (Å²) < 4.78 is 44.0. The molecule has 0 radical (unpaired) electrons. The Hall–Kier alpha value is -0.0900. The molecular weight excluding hydrogens is 264 g/mol. The van der Waals surface area contributed by atoms with Gasteiger partial charge in [-0.25, -0.2) is 0 Å². The zero-order valence-corrected chi connectivity index (χ0v) is 11.2. The number of fused-ring (bicyclic) bond motifs is 3. The van der Waals surface area contributed by atoms with Gasteiger partial charge in [-0.3, -0.25) is 8.37 Å². The zero-order valence-electron chi connectivity index (χ0n) is 10.4. The molecule has 0 spiro atoms. The third kappa shape index (κ3) is 2.11. The van der Waals surface area contributed by atoms with Gasteiger partial charge < -0.3 is 18.9 Å². The van der Waals surface area contributed by atoms with E-state index in [1.807, 2.05) is 13.8 Å². The largest absolute Gasteiger partial charge is 0.353 e. The Kier molecular flexibility index (Phi) is 3.22. The summed E-state index contributed by atoms with van der Waals surface area (Å²) in [4.78, 5) is 0. The van der Waals surface area contributed by atoms with Crippen LogP contribution in [0.25, 0.3) is 0 Å². The van der Waals surface area contributed by atoms with Crippen LogP contribution in [-0.2, 0) is 38.7 Å². The van der Waals surface area contributed by atoms with Crippen LogP contribution in [0.4, 0.5) is 0 Å². The van der Waals surface area contributed by atoms with E-state index in [9.17, 15) is 4.21 Å². The molecule has 0 saturated carbocycles. The monoisotopic (exact) mass is 280 g/mol. The van der Waals surface area contributed by atoms with Crippen LogP contribution in [0.2, 0.25) is 0 Å². The predicted octanol–water partition coefficient (Wildman–Crippen LogP) is -0.128. The van der Waals surface area contributed by atoms with Crippen LogP contribution in [0.15, 0.2) is 0 Å². The van der Waals surface area contributed by atoms with E-state index in [-0.39, 0.29) is 18.8 Å². The lowest BCUT2D eigenvalue weighted by molar-refractivity contribution is -0.272. The van der Waals surface area contributed by atoms with Gasteiger partial charge in [0.15, 0.2) is 12.1 Å². The SMILES string of the molecule is CO[C@H]1OC2COS(=O)O[C@H]2[C@@H]2OC(C)(C)OC12. The van der Waals surface area contributed by atoms with Crippen LogP contribution in [0.1, 0.15) is 13.8 Å². The Morgan fingerprint density at radius 2 is 1.94 bits per heavy atom. The van der Waals surface area contributed by atoms with Crippen molar-refractivity contribution in [2.24, 2.45) is 0 Å². The van der Waals surface area contributed by atoms with Crippen molar-refractivity contribution < 1.29 is 31.5 Å². The molecule has 0 bridgehead atoms. The highest BCUT2D eigenvalue weighted by Crippen LogP contribution is 2.40. The van der Waals surface area contributed by atoms with E-state index in [1.165, 1.54) is 0 Å². The minimum Gasteiger partial charge on any atom is -0.353 e. The molecule has 7 nitrogen and oxygen atoms in total. The number of ether oxygens (including phenoxy) is 4. The molecule has 18 heavy (non-hydrogen) atoms. The van der Waals surface area contributed by atoms with Gasteiger partial charge in [0.05, 0.1) is 6.61 Å². The van der Waals surface area contributed by atoms with Crippen molar-refractivity contribution in [1.82, 2.24) is 0 Å². The van der Waals surface area contributed by atoms with E-state index in [1.54, 1.807) is 7.11 Å². The topological polar surface area (TPSA) is 72.5 Å². The lowest BCUT2D eigenvalue weighted by Crippen LogP contribution is -2.60. The van der Waals surface area contributed by atoms with Crippen molar-refractivity contribution in [3.63, 3.8) is 0 Å². The van der Waals surface area contributed by atoms with Crippen LogP contribution < -0.4 is 0 Å². The van der Waals surface area contributed by atoms with E-state index < -0.39 is 35.6 Å². The molecule has 0 aliphatic carbocycles. The molecule has 104 valence electrons. The maximum absolute atomic E-state index is 11.3. The van der Waals surface area contributed by atoms with E-state index in [0.29, 0.717) is 0 Å². The second-order valence-electron chi connectivity index (χ2n) is 4.89. The standard InChI is InChI=1S/C10H16O7S/c1-10(2)15-7-6-5(4-13-18(11)17-6)14-9(12-3)8(7)16-10/h5-9H,4H2,1-3H3/t5?,6-,7+,8?,9+,18?/m1/s1. The molecule has 6 atom stereocenters. The summed E-state index contributed by atoms with van der Waals surface area (Å²) in [6.45, 7) is 3.80. The van der Waals surface area contributed by atoms with Gasteiger partial charge in [-0.2, -0.15) is 4.21 Å². The third-order valence-electron chi connectivity index (χ3n) is 3.18. The summed E-state index contributed by atoms with van der Waals surface area (Å²) >= 11 is -1.76. The molecule has 0 N–H and O–H groups in total. The molecule has 3 aliphatic rings. The molecule has 3 rings (SSSR count). The lowest BCUT2D eigenvalue weighted by atomic mass is 9.99. The van der Waals surface area contributed by atoms with Gasteiger partial charge in [-0.15, -0.1) is 0 Å². The van der Waals surface area contributed by atoms with Gasteiger partial charge in [0, 0.05) is 7.11 Å². The van der Waals surface area contributed by atoms with Crippen molar-refractivity contribution in [2.45, 2.75) is 50.3 Å². The van der Waals surface area contributed by atoms with E-state index in [2.05, 4.69) is 0 Å². The van der Waals surface area contributed by atoms with Gasteiger partial charge in [0.25, 0.3) is 0 Å². The number of hydrogen-bond acceptors (Lipinski definition) is 7. The molecule has 0 aromatic heterocycles. The van der Waals surface area contributed by atoms with Crippen molar-refractivity contribution in [1.29, 1.82) is 0 Å². The number of methoxy groups -OCH3 is 1. The quantitative estimate of drug-likeness (QED) is 0.662. The molecular formula is C10H16O7S. The average molecular weight is 280 g/mol. The average Bonchev–Trinajstić information content (AvgIpc) is 2.64. The summed E-state index contributed by atoms with van der Waals surface area (Å²) in [6.07, 6.45) is -2.17. The highest BCUT2D eigenvalue weighted by molar-refractivity contribution is 7.75. The first kappa shape index (κ1) is 12.9. The van der Waals surface area contributed by atoms with Gasteiger partial charge in [0.1, 0.15) is 24.4 Å². The Bertz CT molecular complexity index is 360. The highest BCUT2D eigenvalue weighted by Gasteiger charge is 2.57. The van der Waals surface area contributed by atoms with Gasteiger partial charge in [-0.1, -0.05) is 0 Å². The summed E-state index contributed by atoms with van der Waals surface area (Å²) in [6, 6.07) is 0. The third-order valence-corrected chi connectivity index (χ3v) is 3.89. The number of rotatable bonds is 1. The minimum absolute atomic E-state index is 0.185. The molecule has 8 heteroatoms. The highest BCUT2D eigenvalue weighted by atomic mass is 32.2. The summed E-state index contributed by atoms with van der Waals surface area (Å²) in [5.74, 6) is -0.743.